The first-order chi connectivity index (χ1) is 16.6. The predicted molar refractivity (Wildman–Crippen MR) is 74.3 cm³/mol. The molecule has 0 saturated heterocycles. The van der Waals surface area contributed by atoms with Crippen LogP contribution < -0.4 is 5.32 Å². The summed E-state index contributed by atoms with van der Waals surface area (Å²) in [6.45, 7) is -7.65. The van der Waals surface area contributed by atoms with E-state index in [1.54, 1.807) is 0 Å². The summed E-state index contributed by atoms with van der Waals surface area (Å²) in [5.41, 5.74) is 0. The van der Waals surface area contributed by atoms with Crippen LogP contribution in [-0.4, -0.2) is 85.2 Å². The Morgan fingerprint density at radius 1 is 0.333 bits per heavy atom. The van der Waals surface area contributed by atoms with Gasteiger partial charge < -0.3 is 5.32 Å². The Morgan fingerprint density at radius 2 is 0.538 bits per heavy atom. The third-order valence-electron chi connectivity index (χ3n) is 4.58. The van der Waals surface area contributed by atoms with Crippen LogP contribution in [0.3, 0.4) is 0 Å². The first-order valence-electron chi connectivity index (χ1n) is 8.64. The van der Waals surface area contributed by atoms with E-state index in [1.165, 1.54) is 0 Å². The monoisotopic (exact) mass is 645 g/mol. The van der Waals surface area contributed by atoms with Gasteiger partial charge in [-0.05, 0) is 0 Å². The van der Waals surface area contributed by atoms with Crippen molar-refractivity contribution >= 4 is 0 Å². The molecule has 0 fully saturated rings. The lowest BCUT2D eigenvalue weighted by molar-refractivity contribution is -0.414. The topological polar surface area (TPSA) is 12.0 Å². The van der Waals surface area contributed by atoms with Gasteiger partial charge in [0.05, 0.1) is 13.1 Å². The van der Waals surface area contributed by atoms with Crippen molar-refractivity contribution < 1.29 is 105 Å². The second kappa shape index (κ2) is 9.98. The van der Waals surface area contributed by atoms with Gasteiger partial charge >= 0.3 is 72.1 Å². The van der Waals surface area contributed by atoms with Crippen LogP contribution in [0, 0.1) is 0 Å². The molecule has 0 radical (unpaired) electrons. The number of alkyl halides is 24. The minimum atomic E-state index is -8.23. The average molecular weight is 645 g/mol. The van der Waals surface area contributed by atoms with Gasteiger partial charge in [-0.3, -0.25) is 0 Å². The molecule has 0 aromatic carbocycles. The zero-order valence-electron chi connectivity index (χ0n) is 17.1. The molecule has 0 bridgehead atoms. The summed E-state index contributed by atoms with van der Waals surface area (Å²) in [7, 11) is 0. The number of halogens is 24. The maximum atomic E-state index is 13.4. The number of nitrogens with one attached hydrogen (secondary N) is 1. The highest BCUT2D eigenvalue weighted by molar-refractivity contribution is 5.11. The van der Waals surface area contributed by atoms with E-state index < -0.39 is 85.2 Å². The van der Waals surface area contributed by atoms with Crippen LogP contribution in [-0.2, 0) is 0 Å². The Balaban J connectivity index is 6.15. The molecule has 0 heterocycles. The Labute approximate surface area is 197 Å². The molecule has 1 N–H and O–H groups in total. The van der Waals surface area contributed by atoms with E-state index in [9.17, 15) is 105 Å². The van der Waals surface area contributed by atoms with Gasteiger partial charge in [0.25, 0.3) is 0 Å². The van der Waals surface area contributed by atoms with E-state index in [1.807, 2.05) is 0 Å². The minimum absolute atomic E-state index is 0.239. The number of hydrogen-bond acceptors (Lipinski definition) is 1. The zero-order chi connectivity index (χ0) is 32.3. The van der Waals surface area contributed by atoms with Crippen LogP contribution in [0.4, 0.5) is 105 Å². The van der Waals surface area contributed by atoms with E-state index in [0.717, 1.165) is 0 Å². The van der Waals surface area contributed by atoms with Gasteiger partial charge in [-0.15, -0.1) is 0 Å². The molecule has 0 aromatic rings. The van der Waals surface area contributed by atoms with E-state index in [4.69, 9.17) is 0 Å². The van der Waals surface area contributed by atoms with Crippen LogP contribution in [0.25, 0.3) is 0 Å². The van der Waals surface area contributed by atoms with E-state index >= 15 is 0 Å². The molecule has 0 aliphatic rings. The fourth-order valence-electron chi connectivity index (χ4n) is 2.14. The van der Waals surface area contributed by atoms with Crippen molar-refractivity contribution in [3.05, 3.63) is 0 Å². The maximum absolute atomic E-state index is 13.4. The summed E-state index contributed by atoms with van der Waals surface area (Å²) in [6.07, 6.45) is -11.9. The fourth-order valence-corrected chi connectivity index (χ4v) is 2.14. The molecule has 0 aliphatic carbocycles. The Hall–Kier alpha value is -1.72. The van der Waals surface area contributed by atoms with Gasteiger partial charge in [-0.1, -0.05) is 0 Å². The summed E-state index contributed by atoms with van der Waals surface area (Å²) in [5.74, 6) is -77.9. The summed E-state index contributed by atoms with van der Waals surface area (Å²) >= 11 is 0. The average Bonchev–Trinajstić information content (AvgIpc) is 2.71. The lowest BCUT2D eigenvalue weighted by Gasteiger charge is -2.40. The fraction of sp³-hybridized carbons (Fsp3) is 1.00. The van der Waals surface area contributed by atoms with Gasteiger partial charge in [0.1, 0.15) is 0 Å². The number of hydrogen-bond donors (Lipinski definition) is 1. The molecular weight excluding hydrogens is 638 g/mol. The molecule has 0 atom stereocenters. The third-order valence-corrected chi connectivity index (χ3v) is 4.58. The first-order valence-corrected chi connectivity index (χ1v) is 8.64. The molecular formula is C14H7F24N. The first kappa shape index (κ1) is 37.3. The van der Waals surface area contributed by atoms with Crippen molar-refractivity contribution in [1.29, 1.82) is 0 Å². The third kappa shape index (κ3) is 5.23. The highest BCUT2D eigenvalue weighted by atomic mass is 19.4. The summed E-state index contributed by atoms with van der Waals surface area (Å²) in [5, 5.41) is -0.239. The Bertz CT molecular complexity index is 774. The standard InChI is InChI=1S/C14H7F24N/c15-3(16)7(23,24)11(31,32)13(35,36)9(27,28)5(19,20)1-39-2-6(21,22)10(29,30)14(37,38)12(33,34)8(25,26)4(17)18/h3-4,39H,1-2H2. The molecule has 236 valence electrons. The summed E-state index contributed by atoms with van der Waals surface area (Å²) in [4.78, 5) is 0. The smallest absolute Gasteiger partial charge is 0.305 e. The number of rotatable bonds is 14. The molecule has 0 saturated carbocycles. The van der Waals surface area contributed by atoms with Gasteiger partial charge in [0, 0.05) is 0 Å². The van der Waals surface area contributed by atoms with Crippen molar-refractivity contribution in [1.82, 2.24) is 5.32 Å². The second-order valence-electron chi connectivity index (χ2n) is 7.31. The highest BCUT2D eigenvalue weighted by Crippen LogP contribution is 2.59. The molecule has 0 aromatic heterocycles. The van der Waals surface area contributed by atoms with Crippen LogP contribution >= 0.6 is 0 Å². The van der Waals surface area contributed by atoms with Gasteiger partial charge in [-0.25, -0.2) is 17.6 Å². The van der Waals surface area contributed by atoms with Crippen LogP contribution in [0.5, 0.6) is 0 Å². The van der Waals surface area contributed by atoms with Crippen LogP contribution in [0.1, 0.15) is 0 Å². The largest absolute Gasteiger partial charge is 0.384 e. The molecule has 0 rings (SSSR count). The van der Waals surface area contributed by atoms with Crippen molar-refractivity contribution in [2.45, 2.75) is 72.1 Å². The van der Waals surface area contributed by atoms with Crippen LogP contribution in [0.15, 0.2) is 0 Å². The molecule has 39 heavy (non-hydrogen) atoms. The highest BCUT2D eigenvalue weighted by Gasteiger charge is 2.89. The zero-order valence-corrected chi connectivity index (χ0v) is 17.1. The van der Waals surface area contributed by atoms with Crippen molar-refractivity contribution in [3.63, 3.8) is 0 Å². The maximum Gasteiger partial charge on any atom is 0.384 e. The van der Waals surface area contributed by atoms with E-state index in [2.05, 4.69) is 0 Å². The minimum Gasteiger partial charge on any atom is -0.305 e. The molecule has 1 nitrogen and oxygen atoms in total. The SMILES string of the molecule is FC(F)C(F)(F)C(F)(F)C(F)(F)C(F)(F)C(F)(F)CNCC(F)(F)C(F)(F)C(F)(F)C(F)(F)C(F)(F)C(F)F. The van der Waals surface area contributed by atoms with Crippen molar-refractivity contribution in [3.8, 4) is 0 Å². The van der Waals surface area contributed by atoms with Crippen LogP contribution in [0.2, 0.25) is 0 Å². The van der Waals surface area contributed by atoms with Gasteiger partial charge in [-0.2, -0.15) is 87.8 Å². The van der Waals surface area contributed by atoms with Crippen molar-refractivity contribution in [2.24, 2.45) is 0 Å². The summed E-state index contributed by atoms with van der Waals surface area (Å²) < 4.78 is 310. The summed E-state index contributed by atoms with van der Waals surface area (Å²) in [6, 6.07) is 0. The van der Waals surface area contributed by atoms with E-state index in [-0.39, 0.29) is 5.32 Å². The normalized spacial score (nSPS) is 16.5. The lowest BCUT2D eigenvalue weighted by atomic mass is 9.93. The molecule has 0 amide bonds. The molecule has 0 spiro atoms. The Morgan fingerprint density at radius 3 is 0.718 bits per heavy atom. The molecule has 0 aliphatic heterocycles. The Kier molecular flexibility index (Phi) is 9.54. The second-order valence-corrected chi connectivity index (χ2v) is 7.31. The quantitative estimate of drug-likeness (QED) is 0.194. The van der Waals surface area contributed by atoms with Gasteiger partial charge in [0.2, 0.25) is 0 Å². The van der Waals surface area contributed by atoms with Gasteiger partial charge in [0.15, 0.2) is 0 Å². The molecule has 25 heteroatoms. The van der Waals surface area contributed by atoms with Crippen molar-refractivity contribution in [2.75, 3.05) is 13.1 Å². The predicted octanol–water partition coefficient (Wildman–Crippen LogP) is 7.46. The molecule has 0 unspecified atom stereocenters. The van der Waals surface area contributed by atoms with E-state index in [0.29, 0.717) is 0 Å². The lowest BCUT2D eigenvalue weighted by Crippen LogP contribution is -2.71.